The molecule has 4 rings (SSSR count). The van der Waals surface area contributed by atoms with Gasteiger partial charge in [-0.2, -0.15) is 0 Å². The van der Waals surface area contributed by atoms with Crippen LogP contribution in [0, 0.1) is 16.0 Å². The third kappa shape index (κ3) is 6.05. The molecular weight excluding hydrogens is 458 g/mol. The van der Waals surface area contributed by atoms with Crippen LogP contribution in [0.4, 0.5) is 5.69 Å². The van der Waals surface area contributed by atoms with Crippen LogP contribution in [0.1, 0.15) is 37.0 Å². The van der Waals surface area contributed by atoms with E-state index in [-0.39, 0.29) is 34.6 Å². The minimum absolute atomic E-state index is 0.00362. The van der Waals surface area contributed by atoms with E-state index in [9.17, 15) is 14.9 Å². The topological polar surface area (TPSA) is 85.2 Å². The Labute approximate surface area is 204 Å². The maximum absolute atomic E-state index is 13.0. The summed E-state index contributed by atoms with van der Waals surface area (Å²) in [5.41, 5.74) is 0.365. The van der Waals surface area contributed by atoms with Crippen molar-refractivity contribution < 1.29 is 19.2 Å². The van der Waals surface area contributed by atoms with Gasteiger partial charge in [0, 0.05) is 49.4 Å². The lowest BCUT2D eigenvalue weighted by atomic mass is 9.95. The number of amides is 1. The van der Waals surface area contributed by atoms with Crippen molar-refractivity contribution in [2.45, 2.75) is 38.9 Å². The van der Waals surface area contributed by atoms with Crippen molar-refractivity contribution >= 4 is 23.2 Å². The van der Waals surface area contributed by atoms with Crippen LogP contribution < -0.4 is 4.74 Å². The third-order valence-electron chi connectivity index (χ3n) is 6.36. The van der Waals surface area contributed by atoms with Crippen LogP contribution >= 0.6 is 11.6 Å². The van der Waals surface area contributed by atoms with Gasteiger partial charge in [0.05, 0.1) is 17.1 Å². The highest BCUT2D eigenvalue weighted by Gasteiger charge is 2.28. The fraction of sp³-hybridized carbons (Fsp3) is 0.480. The number of rotatable bonds is 6. The molecule has 0 aromatic heterocycles. The number of carbonyl (C=O) groups is 1. The number of piperidine rings is 1. The van der Waals surface area contributed by atoms with E-state index >= 15 is 0 Å². The monoisotopic (exact) mass is 487 g/mol. The number of hydrogen-bond donors (Lipinski definition) is 0. The lowest BCUT2D eigenvalue weighted by Crippen LogP contribution is -2.48. The van der Waals surface area contributed by atoms with E-state index in [0.717, 1.165) is 45.6 Å². The number of carbonyl (C=O) groups excluding carboxylic acids is 1. The van der Waals surface area contributed by atoms with Crippen LogP contribution in [0.3, 0.4) is 0 Å². The van der Waals surface area contributed by atoms with Crippen molar-refractivity contribution in [1.29, 1.82) is 0 Å². The standard InChI is InChI=1S/C25H30ClN3O5/c1-17-14-27(15-18(2)33-17)16-19-9-11-28(12-10-19)25(30)20-3-6-22(7-4-20)34-24-8-5-21(26)13-23(24)29(31)32/h3-8,13,17-19H,9-12,14-16H2,1-2H3. The van der Waals surface area contributed by atoms with Gasteiger partial charge in [-0.05, 0) is 69.0 Å². The van der Waals surface area contributed by atoms with Crippen molar-refractivity contribution in [3.8, 4) is 11.5 Å². The summed E-state index contributed by atoms with van der Waals surface area (Å²) in [7, 11) is 0. The van der Waals surface area contributed by atoms with Gasteiger partial charge in [0.1, 0.15) is 5.75 Å². The Morgan fingerprint density at radius 2 is 1.76 bits per heavy atom. The normalized spacial score (nSPS) is 21.9. The van der Waals surface area contributed by atoms with E-state index in [2.05, 4.69) is 18.7 Å². The highest BCUT2D eigenvalue weighted by atomic mass is 35.5. The second-order valence-corrected chi connectivity index (χ2v) is 9.64. The number of benzene rings is 2. The van der Waals surface area contributed by atoms with Gasteiger partial charge >= 0.3 is 5.69 Å². The molecule has 2 heterocycles. The number of halogens is 1. The zero-order valence-electron chi connectivity index (χ0n) is 19.5. The summed E-state index contributed by atoms with van der Waals surface area (Å²) < 4.78 is 11.5. The first-order valence-electron chi connectivity index (χ1n) is 11.7. The Balaban J connectivity index is 1.31. The lowest BCUT2D eigenvalue weighted by molar-refractivity contribution is -0.385. The van der Waals surface area contributed by atoms with Crippen LogP contribution in [0.15, 0.2) is 42.5 Å². The van der Waals surface area contributed by atoms with Crippen LogP contribution in [0.2, 0.25) is 5.02 Å². The first-order valence-corrected chi connectivity index (χ1v) is 12.0. The Bertz CT molecular complexity index is 1010. The van der Waals surface area contributed by atoms with Gasteiger partial charge in [-0.25, -0.2) is 0 Å². The van der Waals surface area contributed by atoms with Crippen molar-refractivity contribution in [2.24, 2.45) is 5.92 Å². The SMILES string of the molecule is CC1CN(CC2CCN(C(=O)c3ccc(Oc4ccc(Cl)cc4[N+](=O)[O-])cc3)CC2)CC(C)O1. The van der Waals surface area contributed by atoms with Crippen LogP contribution in [0.25, 0.3) is 0 Å². The molecule has 0 radical (unpaired) electrons. The van der Waals surface area contributed by atoms with Crippen molar-refractivity contribution in [3.63, 3.8) is 0 Å². The number of morpholine rings is 1. The lowest BCUT2D eigenvalue weighted by Gasteiger charge is -2.39. The largest absolute Gasteiger partial charge is 0.450 e. The molecule has 2 aromatic carbocycles. The zero-order chi connectivity index (χ0) is 24.2. The van der Waals surface area contributed by atoms with Crippen LogP contribution in [-0.2, 0) is 4.74 Å². The second-order valence-electron chi connectivity index (χ2n) is 9.21. The average Bonchev–Trinajstić information content (AvgIpc) is 2.80. The molecule has 2 aliphatic rings. The summed E-state index contributed by atoms with van der Waals surface area (Å²) in [5, 5.41) is 11.5. The summed E-state index contributed by atoms with van der Waals surface area (Å²) in [6.45, 7) is 8.73. The highest BCUT2D eigenvalue weighted by Crippen LogP contribution is 2.33. The molecular formula is C25H30ClN3O5. The second kappa shape index (κ2) is 10.7. The maximum atomic E-state index is 13.0. The molecule has 0 saturated carbocycles. The predicted octanol–water partition coefficient (Wildman–Crippen LogP) is 5.00. The first-order chi connectivity index (χ1) is 16.3. The van der Waals surface area contributed by atoms with Gasteiger partial charge in [0.2, 0.25) is 5.75 Å². The number of nitro groups is 1. The van der Waals surface area contributed by atoms with E-state index < -0.39 is 4.92 Å². The van der Waals surface area contributed by atoms with Gasteiger partial charge in [-0.15, -0.1) is 0 Å². The molecule has 2 aliphatic heterocycles. The number of nitrogens with zero attached hydrogens (tertiary/aromatic N) is 3. The molecule has 8 nitrogen and oxygen atoms in total. The molecule has 0 N–H and O–H groups in total. The molecule has 2 fully saturated rings. The van der Waals surface area contributed by atoms with Crippen LogP contribution in [0.5, 0.6) is 11.5 Å². The Hall–Kier alpha value is -2.68. The molecule has 0 spiro atoms. The molecule has 2 atom stereocenters. The zero-order valence-corrected chi connectivity index (χ0v) is 20.2. The summed E-state index contributed by atoms with van der Waals surface area (Å²) >= 11 is 5.85. The summed E-state index contributed by atoms with van der Waals surface area (Å²) in [4.78, 5) is 28.1. The number of likely N-dealkylation sites (tertiary alicyclic amines) is 1. The van der Waals surface area contributed by atoms with Crippen molar-refractivity contribution in [2.75, 3.05) is 32.7 Å². The van der Waals surface area contributed by atoms with E-state index in [4.69, 9.17) is 21.1 Å². The van der Waals surface area contributed by atoms with Gasteiger partial charge < -0.3 is 14.4 Å². The highest BCUT2D eigenvalue weighted by molar-refractivity contribution is 6.30. The predicted molar refractivity (Wildman–Crippen MR) is 130 cm³/mol. The van der Waals surface area contributed by atoms with E-state index in [0.29, 0.717) is 17.2 Å². The van der Waals surface area contributed by atoms with Gasteiger partial charge in [-0.3, -0.25) is 19.8 Å². The molecule has 2 aromatic rings. The van der Waals surface area contributed by atoms with E-state index in [1.165, 1.54) is 18.2 Å². The fourth-order valence-corrected chi connectivity index (χ4v) is 4.98. The third-order valence-corrected chi connectivity index (χ3v) is 6.60. The molecule has 182 valence electrons. The maximum Gasteiger partial charge on any atom is 0.313 e. The molecule has 34 heavy (non-hydrogen) atoms. The molecule has 2 saturated heterocycles. The van der Waals surface area contributed by atoms with E-state index in [1.54, 1.807) is 24.3 Å². The first kappa shape index (κ1) is 24.4. The molecule has 9 heteroatoms. The Kier molecular flexibility index (Phi) is 7.70. The molecule has 1 amide bonds. The fourth-order valence-electron chi connectivity index (χ4n) is 4.81. The minimum atomic E-state index is -0.539. The van der Waals surface area contributed by atoms with Gasteiger partial charge in [0.25, 0.3) is 5.91 Å². The summed E-state index contributed by atoms with van der Waals surface area (Å²) in [5.74, 6) is 1.10. The quantitative estimate of drug-likeness (QED) is 0.421. The average molecular weight is 488 g/mol. The minimum Gasteiger partial charge on any atom is -0.450 e. The summed E-state index contributed by atoms with van der Waals surface area (Å²) in [6, 6.07) is 10.9. The number of ether oxygens (including phenoxy) is 2. The summed E-state index contributed by atoms with van der Waals surface area (Å²) in [6.07, 6.45) is 2.52. The van der Waals surface area contributed by atoms with E-state index in [1.807, 2.05) is 4.90 Å². The van der Waals surface area contributed by atoms with Crippen LogP contribution in [-0.4, -0.2) is 65.6 Å². The molecule has 0 aliphatic carbocycles. The Morgan fingerprint density at radius 1 is 1.12 bits per heavy atom. The van der Waals surface area contributed by atoms with Gasteiger partial charge in [0.15, 0.2) is 0 Å². The Morgan fingerprint density at radius 3 is 2.38 bits per heavy atom. The van der Waals surface area contributed by atoms with Gasteiger partial charge in [-0.1, -0.05) is 11.6 Å². The van der Waals surface area contributed by atoms with Crippen molar-refractivity contribution in [1.82, 2.24) is 9.80 Å². The van der Waals surface area contributed by atoms with Crippen molar-refractivity contribution in [3.05, 3.63) is 63.2 Å². The number of hydrogen-bond acceptors (Lipinski definition) is 6. The smallest absolute Gasteiger partial charge is 0.313 e. The molecule has 2 unspecified atom stereocenters. The number of nitro benzene ring substituents is 1. The molecule has 0 bridgehead atoms.